The Hall–Kier alpha value is -4.58. The number of nitro groups is 2. The van der Waals surface area contributed by atoms with Gasteiger partial charge in [0, 0.05) is 6.07 Å². The lowest BCUT2D eigenvalue weighted by Crippen LogP contribution is -2.27. The summed E-state index contributed by atoms with van der Waals surface area (Å²) in [7, 11) is 0. The van der Waals surface area contributed by atoms with Crippen molar-refractivity contribution in [3.8, 4) is 11.5 Å². The van der Waals surface area contributed by atoms with Gasteiger partial charge in [0.1, 0.15) is 11.6 Å². The number of carbonyl (C=O) groups is 2. The lowest BCUT2D eigenvalue weighted by molar-refractivity contribution is -0.394. The maximum atomic E-state index is 13.1. The molecule has 1 saturated heterocycles. The summed E-state index contributed by atoms with van der Waals surface area (Å²) in [6.07, 6.45) is 1.48. The van der Waals surface area contributed by atoms with Crippen LogP contribution < -0.4 is 4.74 Å². The molecule has 1 heterocycles. The van der Waals surface area contributed by atoms with Gasteiger partial charge in [0.05, 0.1) is 27.4 Å². The quantitative estimate of drug-likeness (QED) is 0.233. The molecule has 1 fully saturated rings. The highest BCUT2D eigenvalue weighted by Gasteiger charge is 2.35. The number of nitro benzene ring substituents is 2. The van der Waals surface area contributed by atoms with Crippen molar-refractivity contribution in [2.45, 2.75) is 6.54 Å². The van der Waals surface area contributed by atoms with Gasteiger partial charge < -0.3 is 4.74 Å². The van der Waals surface area contributed by atoms with Gasteiger partial charge in [0.2, 0.25) is 5.75 Å². The molecule has 1 aliphatic rings. The Morgan fingerprint density at radius 3 is 2.40 bits per heavy atom. The number of thioether (sulfide) groups is 1. The van der Waals surface area contributed by atoms with Gasteiger partial charge in [0.15, 0.2) is 0 Å². The standard InChI is InChI=1S/C23H14FN3O7S/c24-16-6-4-14(5-7-16)13-25-22(28)21(35-23(25)29)11-15-2-1-3-18(10-15)34-20-9-8-17(26(30)31)12-19(20)27(32)33/h1-12H,13H2/b21-11-. The summed E-state index contributed by atoms with van der Waals surface area (Å²) in [5.74, 6) is -0.954. The molecule has 176 valence electrons. The number of carbonyl (C=O) groups excluding carboxylic acids is 2. The van der Waals surface area contributed by atoms with Crippen LogP contribution in [-0.2, 0) is 11.3 Å². The first-order valence-corrected chi connectivity index (χ1v) is 10.7. The minimum atomic E-state index is -0.788. The van der Waals surface area contributed by atoms with Crippen molar-refractivity contribution in [1.82, 2.24) is 4.90 Å². The van der Waals surface area contributed by atoms with Gasteiger partial charge in [-0.25, -0.2) is 4.39 Å². The Kier molecular flexibility index (Phi) is 6.55. The maximum absolute atomic E-state index is 13.1. The molecular formula is C23H14FN3O7S. The molecule has 2 amide bonds. The molecule has 0 aromatic heterocycles. The SMILES string of the molecule is O=C1S/C(=C\c2cccc(Oc3ccc([N+](=O)[O-])cc3[N+](=O)[O-])c2)C(=O)N1Cc1ccc(F)cc1. The number of hydrogen-bond donors (Lipinski definition) is 0. The van der Waals surface area contributed by atoms with Gasteiger partial charge in [-0.3, -0.25) is 34.7 Å². The monoisotopic (exact) mass is 495 g/mol. The van der Waals surface area contributed by atoms with Crippen molar-refractivity contribution >= 4 is 40.4 Å². The molecule has 0 aliphatic carbocycles. The molecule has 3 aromatic rings. The van der Waals surface area contributed by atoms with E-state index >= 15 is 0 Å². The number of non-ortho nitro benzene ring substituents is 1. The molecule has 0 bridgehead atoms. The minimum absolute atomic E-state index is 0.00471. The van der Waals surface area contributed by atoms with Gasteiger partial charge in [-0.15, -0.1) is 0 Å². The molecule has 0 atom stereocenters. The average molecular weight is 495 g/mol. The number of benzene rings is 3. The smallest absolute Gasteiger partial charge is 0.318 e. The minimum Gasteiger partial charge on any atom is -0.450 e. The van der Waals surface area contributed by atoms with Crippen LogP contribution in [0.2, 0.25) is 0 Å². The molecule has 3 aromatic carbocycles. The molecule has 35 heavy (non-hydrogen) atoms. The van der Waals surface area contributed by atoms with Gasteiger partial charge in [-0.2, -0.15) is 0 Å². The van der Waals surface area contributed by atoms with Crippen LogP contribution in [0.1, 0.15) is 11.1 Å². The van der Waals surface area contributed by atoms with Gasteiger partial charge in [-0.1, -0.05) is 24.3 Å². The Bertz CT molecular complexity index is 1390. The second-order valence-corrected chi connectivity index (χ2v) is 8.23. The first-order valence-electron chi connectivity index (χ1n) is 9.92. The van der Waals surface area contributed by atoms with Crippen LogP contribution in [0.3, 0.4) is 0 Å². The summed E-state index contributed by atoms with van der Waals surface area (Å²) in [5, 5.41) is 21.8. The molecule has 0 N–H and O–H groups in total. The fourth-order valence-corrected chi connectivity index (χ4v) is 4.04. The van der Waals surface area contributed by atoms with E-state index in [4.69, 9.17) is 4.74 Å². The maximum Gasteiger partial charge on any atom is 0.318 e. The van der Waals surface area contributed by atoms with Crippen LogP contribution in [0.5, 0.6) is 11.5 Å². The summed E-state index contributed by atoms with van der Waals surface area (Å²) in [4.78, 5) is 47.0. The van der Waals surface area contributed by atoms with E-state index in [2.05, 4.69) is 0 Å². The summed E-state index contributed by atoms with van der Waals surface area (Å²) >= 11 is 0.750. The summed E-state index contributed by atoms with van der Waals surface area (Å²) in [6.45, 7) is -0.00471. The molecule has 12 heteroatoms. The lowest BCUT2D eigenvalue weighted by Gasteiger charge is -2.12. The zero-order valence-electron chi connectivity index (χ0n) is 17.6. The summed E-state index contributed by atoms with van der Waals surface area (Å²) in [5.41, 5.74) is 0.0510. The van der Waals surface area contributed by atoms with Crippen molar-refractivity contribution in [2.75, 3.05) is 0 Å². The highest BCUT2D eigenvalue weighted by Crippen LogP contribution is 2.36. The lowest BCUT2D eigenvalue weighted by atomic mass is 10.2. The van der Waals surface area contributed by atoms with Gasteiger partial charge in [-0.05, 0) is 59.3 Å². The second-order valence-electron chi connectivity index (χ2n) is 7.24. The van der Waals surface area contributed by atoms with E-state index in [1.165, 1.54) is 42.5 Å². The Morgan fingerprint density at radius 2 is 1.71 bits per heavy atom. The van der Waals surface area contributed by atoms with Crippen LogP contribution in [0, 0.1) is 26.0 Å². The van der Waals surface area contributed by atoms with Gasteiger partial charge >= 0.3 is 5.69 Å². The number of imide groups is 1. The third kappa shape index (κ3) is 5.33. The first kappa shape index (κ1) is 23.6. The number of hydrogen-bond acceptors (Lipinski definition) is 8. The van der Waals surface area contributed by atoms with Crippen molar-refractivity contribution in [2.24, 2.45) is 0 Å². The van der Waals surface area contributed by atoms with Crippen LogP contribution in [0.15, 0.2) is 71.6 Å². The largest absolute Gasteiger partial charge is 0.450 e. The fourth-order valence-electron chi connectivity index (χ4n) is 3.20. The van der Waals surface area contributed by atoms with E-state index in [0.717, 1.165) is 34.9 Å². The van der Waals surface area contributed by atoms with E-state index in [1.54, 1.807) is 12.1 Å². The first-order chi connectivity index (χ1) is 16.7. The van der Waals surface area contributed by atoms with E-state index in [9.17, 15) is 34.2 Å². The molecule has 0 saturated carbocycles. The second kappa shape index (κ2) is 9.73. The fraction of sp³-hybridized carbons (Fsp3) is 0.0435. The van der Waals surface area contributed by atoms with Crippen molar-refractivity contribution in [1.29, 1.82) is 0 Å². The Labute approximate surface area is 200 Å². The highest BCUT2D eigenvalue weighted by molar-refractivity contribution is 8.18. The number of amides is 2. The van der Waals surface area contributed by atoms with Crippen LogP contribution in [0.25, 0.3) is 6.08 Å². The van der Waals surface area contributed by atoms with E-state index in [1.807, 2.05) is 0 Å². The number of nitrogens with zero attached hydrogens (tertiary/aromatic N) is 3. The van der Waals surface area contributed by atoms with E-state index < -0.39 is 38.2 Å². The Morgan fingerprint density at radius 1 is 0.971 bits per heavy atom. The predicted octanol–water partition coefficient (Wildman–Crippen LogP) is 5.67. The molecule has 0 unspecified atom stereocenters. The van der Waals surface area contributed by atoms with Crippen molar-refractivity contribution < 1.29 is 28.6 Å². The molecule has 1 aliphatic heterocycles. The summed E-state index contributed by atoms with van der Waals surface area (Å²) < 4.78 is 18.7. The molecule has 0 spiro atoms. The topological polar surface area (TPSA) is 133 Å². The third-order valence-corrected chi connectivity index (χ3v) is 5.77. The molecular weight excluding hydrogens is 481 g/mol. The number of ether oxygens (including phenoxy) is 1. The highest BCUT2D eigenvalue weighted by atomic mass is 32.2. The van der Waals surface area contributed by atoms with E-state index in [-0.39, 0.29) is 22.9 Å². The third-order valence-electron chi connectivity index (χ3n) is 4.86. The molecule has 10 nitrogen and oxygen atoms in total. The van der Waals surface area contributed by atoms with Crippen LogP contribution in [-0.4, -0.2) is 25.9 Å². The predicted molar refractivity (Wildman–Crippen MR) is 124 cm³/mol. The average Bonchev–Trinajstić information content (AvgIpc) is 3.08. The van der Waals surface area contributed by atoms with E-state index in [0.29, 0.717) is 11.1 Å². The zero-order valence-corrected chi connectivity index (χ0v) is 18.4. The summed E-state index contributed by atoms with van der Waals surface area (Å²) in [6, 6.07) is 14.7. The number of halogens is 1. The number of rotatable bonds is 7. The van der Waals surface area contributed by atoms with Crippen LogP contribution >= 0.6 is 11.8 Å². The van der Waals surface area contributed by atoms with Crippen molar-refractivity contribution in [3.05, 3.63) is 109 Å². The van der Waals surface area contributed by atoms with Crippen molar-refractivity contribution in [3.63, 3.8) is 0 Å². The van der Waals surface area contributed by atoms with Crippen LogP contribution in [0.4, 0.5) is 20.6 Å². The zero-order chi connectivity index (χ0) is 25.1. The molecule has 4 rings (SSSR count). The normalized spacial score (nSPS) is 14.4. The Balaban J connectivity index is 1.54. The van der Waals surface area contributed by atoms with Gasteiger partial charge in [0.25, 0.3) is 16.8 Å². The molecule has 0 radical (unpaired) electrons.